The van der Waals surface area contributed by atoms with Gasteiger partial charge in [0, 0.05) is 6.04 Å². The first-order valence-electron chi connectivity index (χ1n) is 12.3. The number of ether oxygens (including phenoxy) is 1. The molecule has 0 aliphatic heterocycles. The first-order valence-corrected chi connectivity index (χ1v) is 12.3. The molecule has 0 atom stereocenters. The van der Waals surface area contributed by atoms with E-state index in [1.165, 1.54) is 83.1 Å². The quantitative estimate of drug-likeness (QED) is 0.144. The van der Waals surface area contributed by atoms with E-state index in [9.17, 15) is 9.90 Å². The maximum atomic E-state index is 12.1. The largest absolute Gasteiger partial charge is 0.506 e. The maximum absolute atomic E-state index is 12.1. The number of carbonyl (C=O) groups excluding carboxylic acids is 1. The van der Waals surface area contributed by atoms with Crippen molar-refractivity contribution >= 4 is 11.7 Å². The Bertz CT molecular complexity index is 571. The number of benzene rings is 1. The fraction of sp³-hybridized carbons (Fsp3) is 0.731. The Morgan fingerprint density at radius 2 is 1.37 bits per heavy atom. The van der Waals surface area contributed by atoms with Crippen LogP contribution in [0.4, 0.5) is 5.69 Å². The zero-order chi connectivity index (χ0) is 22.0. The van der Waals surface area contributed by atoms with Crippen LogP contribution in [0.1, 0.15) is 121 Å². The lowest BCUT2D eigenvalue weighted by Crippen LogP contribution is -2.11. The van der Waals surface area contributed by atoms with Gasteiger partial charge in [-0.25, -0.2) is 4.79 Å². The monoisotopic (exact) mass is 419 g/mol. The second-order valence-corrected chi connectivity index (χ2v) is 8.76. The Hall–Kier alpha value is -1.71. The molecule has 2 N–H and O–H groups in total. The number of nitrogens with one attached hydrogen (secondary N) is 1. The van der Waals surface area contributed by atoms with Gasteiger partial charge in [0.05, 0.1) is 17.9 Å². The third-order valence-corrected chi connectivity index (χ3v) is 5.41. The van der Waals surface area contributed by atoms with Gasteiger partial charge in [0.25, 0.3) is 0 Å². The predicted molar refractivity (Wildman–Crippen MR) is 127 cm³/mol. The van der Waals surface area contributed by atoms with Gasteiger partial charge in [-0.15, -0.1) is 0 Å². The van der Waals surface area contributed by atoms with Crippen LogP contribution in [0, 0.1) is 0 Å². The number of esters is 1. The van der Waals surface area contributed by atoms with E-state index in [2.05, 4.69) is 12.2 Å². The standard InChI is InChI=1S/C26H45NO3/c1-4-5-6-7-8-9-10-11-12-13-14-15-16-17-20-30-26(29)23-18-19-24(25(28)21-23)27-22(2)3/h18-19,21-22,27-28H,4-17,20H2,1-3H3. The summed E-state index contributed by atoms with van der Waals surface area (Å²) in [5, 5.41) is 13.2. The molecule has 0 unspecified atom stereocenters. The van der Waals surface area contributed by atoms with Crippen molar-refractivity contribution in [3.63, 3.8) is 0 Å². The van der Waals surface area contributed by atoms with Crippen molar-refractivity contribution in [2.75, 3.05) is 11.9 Å². The summed E-state index contributed by atoms with van der Waals surface area (Å²) in [5.74, 6) is -0.286. The summed E-state index contributed by atoms with van der Waals surface area (Å²) < 4.78 is 5.34. The highest BCUT2D eigenvalue weighted by Gasteiger charge is 2.11. The van der Waals surface area contributed by atoms with Crippen LogP contribution in [-0.2, 0) is 4.74 Å². The van der Waals surface area contributed by atoms with Crippen LogP contribution in [-0.4, -0.2) is 23.7 Å². The lowest BCUT2D eigenvalue weighted by Gasteiger charge is -2.12. The minimum Gasteiger partial charge on any atom is -0.506 e. The van der Waals surface area contributed by atoms with Gasteiger partial charge in [0.15, 0.2) is 0 Å². The van der Waals surface area contributed by atoms with Crippen LogP contribution in [0.2, 0.25) is 0 Å². The van der Waals surface area contributed by atoms with Crippen molar-refractivity contribution in [2.45, 2.75) is 117 Å². The van der Waals surface area contributed by atoms with Crippen LogP contribution in [0.15, 0.2) is 18.2 Å². The second-order valence-electron chi connectivity index (χ2n) is 8.76. The smallest absolute Gasteiger partial charge is 0.338 e. The average molecular weight is 420 g/mol. The van der Waals surface area contributed by atoms with Gasteiger partial charge >= 0.3 is 5.97 Å². The number of phenols is 1. The lowest BCUT2D eigenvalue weighted by atomic mass is 10.0. The van der Waals surface area contributed by atoms with Crippen molar-refractivity contribution in [1.82, 2.24) is 0 Å². The van der Waals surface area contributed by atoms with Crippen molar-refractivity contribution < 1.29 is 14.6 Å². The zero-order valence-electron chi connectivity index (χ0n) is 19.7. The highest BCUT2D eigenvalue weighted by Crippen LogP contribution is 2.25. The van der Waals surface area contributed by atoms with Gasteiger partial charge in [-0.3, -0.25) is 0 Å². The van der Waals surface area contributed by atoms with Crippen LogP contribution in [0.3, 0.4) is 0 Å². The van der Waals surface area contributed by atoms with Crippen LogP contribution >= 0.6 is 0 Å². The summed E-state index contributed by atoms with van der Waals surface area (Å²) >= 11 is 0. The summed E-state index contributed by atoms with van der Waals surface area (Å²) in [5.41, 5.74) is 1.03. The van der Waals surface area contributed by atoms with Crippen molar-refractivity contribution in [3.05, 3.63) is 23.8 Å². The molecule has 4 nitrogen and oxygen atoms in total. The molecule has 1 aromatic rings. The van der Waals surface area contributed by atoms with Crippen molar-refractivity contribution in [1.29, 1.82) is 0 Å². The normalized spacial score (nSPS) is 11.1. The van der Waals surface area contributed by atoms with Gasteiger partial charge in [-0.2, -0.15) is 0 Å². The molecule has 0 fully saturated rings. The molecule has 0 amide bonds. The third-order valence-electron chi connectivity index (χ3n) is 5.41. The minimum atomic E-state index is -0.365. The Labute approximate surface area is 184 Å². The van der Waals surface area contributed by atoms with Gasteiger partial charge < -0.3 is 15.2 Å². The summed E-state index contributed by atoms with van der Waals surface area (Å²) in [6.45, 7) is 6.71. The van der Waals surface area contributed by atoms with E-state index in [1.54, 1.807) is 12.1 Å². The number of aromatic hydroxyl groups is 1. The topological polar surface area (TPSA) is 58.6 Å². The fourth-order valence-corrected chi connectivity index (χ4v) is 3.64. The highest BCUT2D eigenvalue weighted by molar-refractivity contribution is 5.90. The predicted octanol–water partition coefficient (Wildman–Crippen LogP) is 7.85. The molecule has 0 saturated carbocycles. The number of hydrogen-bond acceptors (Lipinski definition) is 4. The number of carbonyl (C=O) groups is 1. The lowest BCUT2D eigenvalue weighted by molar-refractivity contribution is 0.0497. The van der Waals surface area contributed by atoms with E-state index in [0.29, 0.717) is 17.9 Å². The molecule has 4 heteroatoms. The van der Waals surface area contributed by atoms with E-state index >= 15 is 0 Å². The molecule has 1 aromatic carbocycles. The van der Waals surface area contributed by atoms with Gasteiger partial charge in [-0.1, -0.05) is 90.4 Å². The Morgan fingerprint density at radius 3 is 1.83 bits per heavy atom. The number of anilines is 1. The Morgan fingerprint density at radius 1 is 0.867 bits per heavy atom. The highest BCUT2D eigenvalue weighted by atomic mass is 16.5. The van der Waals surface area contributed by atoms with Gasteiger partial charge in [0.2, 0.25) is 0 Å². The molecule has 0 heterocycles. The van der Waals surface area contributed by atoms with E-state index < -0.39 is 0 Å². The number of phenolic OH excluding ortho intramolecular Hbond substituents is 1. The Kier molecular flexibility index (Phi) is 14.9. The number of rotatable bonds is 18. The van der Waals surface area contributed by atoms with Crippen LogP contribution in [0.25, 0.3) is 0 Å². The first-order chi connectivity index (χ1) is 14.5. The number of unbranched alkanes of at least 4 members (excludes halogenated alkanes) is 13. The minimum absolute atomic E-state index is 0.0784. The average Bonchev–Trinajstić information content (AvgIpc) is 2.72. The molecular formula is C26H45NO3. The molecular weight excluding hydrogens is 374 g/mol. The molecule has 172 valence electrons. The van der Waals surface area contributed by atoms with E-state index in [0.717, 1.165) is 12.8 Å². The van der Waals surface area contributed by atoms with Crippen LogP contribution < -0.4 is 5.32 Å². The molecule has 1 rings (SSSR count). The zero-order valence-corrected chi connectivity index (χ0v) is 19.7. The summed E-state index contributed by atoms with van der Waals surface area (Å²) in [6, 6.07) is 5.10. The molecule has 0 aromatic heterocycles. The third kappa shape index (κ3) is 12.8. The van der Waals surface area contributed by atoms with E-state index in [-0.39, 0.29) is 17.8 Å². The van der Waals surface area contributed by atoms with Crippen molar-refractivity contribution in [3.8, 4) is 5.75 Å². The first kappa shape index (κ1) is 26.3. The number of hydrogen-bond donors (Lipinski definition) is 2. The second kappa shape index (κ2) is 17.0. The van der Waals surface area contributed by atoms with E-state index in [1.807, 2.05) is 13.8 Å². The molecule has 0 radical (unpaired) electrons. The summed E-state index contributed by atoms with van der Waals surface area (Å²) in [7, 11) is 0. The summed E-state index contributed by atoms with van der Waals surface area (Å²) in [4.78, 5) is 12.1. The SMILES string of the molecule is CCCCCCCCCCCCCCCCOC(=O)c1ccc(NC(C)C)c(O)c1. The fourth-order valence-electron chi connectivity index (χ4n) is 3.64. The van der Waals surface area contributed by atoms with Crippen molar-refractivity contribution in [2.24, 2.45) is 0 Å². The van der Waals surface area contributed by atoms with Gasteiger partial charge in [-0.05, 0) is 38.5 Å². The van der Waals surface area contributed by atoms with Gasteiger partial charge in [0.1, 0.15) is 5.75 Å². The molecule has 30 heavy (non-hydrogen) atoms. The molecule has 0 saturated heterocycles. The molecule has 0 spiro atoms. The summed E-state index contributed by atoms with van der Waals surface area (Å²) in [6.07, 6.45) is 18.3. The molecule has 0 aliphatic carbocycles. The Balaban J connectivity index is 1.98. The van der Waals surface area contributed by atoms with Crippen LogP contribution in [0.5, 0.6) is 5.75 Å². The van der Waals surface area contributed by atoms with E-state index in [4.69, 9.17) is 4.74 Å². The molecule has 0 bridgehead atoms. The maximum Gasteiger partial charge on any atom is 0.338 e. The molecule has 0 aliphatic rings.